The number of anilines is 1. The van der Waals surface area contributed by atoms with Gasteiger partial charge in [-0.15, -0.1) is 11.3 Å². The summed E-state index contributed by atoms with van der Waals surface area (Å²) >= 11 is 1.45. The van der Waals surface area contributed by atoms with Crippen LogP contribution in [0.15, 0.2) is 35.7 Å². The van der Waals surface area contributed by atoms with E-state index >= 15 is 0 Å². The van der Waals surface area contributed by atoms with E-state index < -0.39 is 0 Å². The highest BCUT2D eigenvalue weighted by atomic mass is 32.1. The first-order valence-electron chi connectivity index (χ1n) is 6.63. The summed E-state index contributed by atoms with van der Waals surface area (Å²) in [6.07, 6.45) is 0. The summed E-state index contributed by atoms with van der Waals surface area (Å²) in [4.78, 5) is 16.7. The number of nitrogens with two attached hydrogens (primary N) is 1. The van der Waals surface area contributed by atoms with Gasteiger partial charge in [-0.3, -0.25) is 4.79 Å². The Labute approximate surface area is 123 Å². The Morgan fingerprint density at radius 1 is 1.35 bits per heavy atom. The second-order valence-electron chi connectivity index (χ2n) is 4.92. The zero-order chi connectivity index (χ0) is 14.5. The zero-order valence-corrected chi connectivity index (χ0v) is 12.5. The van der Waals surface area contributed by atoms with Gasteiger partial charge < -0.3 is 11.1 Å². The topological polar surface area (TPSA) is 68.0 Å². The lowest BCUT2D eigenvalue weighted by atomic mass is 9.99. The minimum Gasteiger partial charge on any atom is -0.329 e. The quantitative estimate of drug-likeness (QED) is 0.889. The van der Waals surface area contributed by atoms with Crippen molar-refractivity contribution in [2.75, 3.05) is 11.9 Å². The summed E-state index contributed by atoms with van der Waals surface area (Å²) in [6.45, 7) is 4.43. The zero-order valence-electron chi connectivity index (χ0n) is 11.7. The molecule has 0 saturated carbocycles. The number of aromatic nitrogens is 1. The number of thiazole rings is 1. The second-order valence-corrected chi connectivity index (χ2v) is 5.78. The molecule has 4 nitrogen and oxygen atoms in total. The van der Waals surface area contributed by atoms with Crippen LogP contribution >= 0.6 is 11.3 Å². The first kappa shape index (κ1) is 14.7. The monoisotopic (exact) mass is 289 g/mol. The van der Waals surface area contributed by atoms with E-state index in [1.807, 2.05) is 35.7 Å². The number of rotatable bonds is 5. The van der Waals surface area contributed by atoms with E-state index in [2.05, 4.69) is 24.1 Å². The van der Waals surface area contributed by atoms with Gasteiger partial charge in [0.2, 0.25) is 5.91 Å². The first-order valence-corrected chi connectivity index (χ1v) is 7.51. The molecular weight excluding hydrogens is 270 g/mol. The second kappa shape index (κ2) is 6.63. The van der Waals surface area contributed by atoms with E-state index in [9.17, 15) is 4.79 Å². The third-order valence-electron chi connectivity index (χ3n) is 3.10. The number of hydrogen-bond acceptors (Lipinski definition) is 4. The third kappa shape index (κ3) is 3.43. The van der Waals surface area contributed by atoms with Crippen LogP contribution in [0.1, 0.15) is 36.9 Å². The van der Waals surface area contributed by atoms with Crippen molar-refractivity contribution < 1.29 is 4.79 Å². The van der Waals surface area contributed by atoms with Crippen LogP contribution in [0.5, 0.6) is 0 Å². The van der Waals surface area contributed by atoms with Gasteiger partial charge in [-0.2, -0.15) is 0 Å². The summed E-state index contributed by atoms with van der Waals surface area (Å²) in [6, 6.07) is 9.57. The average molecular weight is 289 g/mol. The molecule has 1 aromatic carbocycles. The van der Waals surface area contributed by atoms with Gasteiger partial charge in [0.1, 0.15) is 0 Å². The maximum Gasteiger partial charge on any atom is 0.234 e. The fourth-order valence-corrected chi connectivity index (χ4v) is 2.76. The molecule has 0 aliphatic rings. The molecule has 0 fully saturated rings. The van der Waals surface area contributed by atoms with Crippen LogP contribution < -0.4 is 11.1 Å². The highest BCUT2D eigenvalue weighted by Crippen LogP contribution is 2.23. The predicted octanol–water partition coefficient (Wildman–Crippen LogP) is 2.95. The molecule has 0 bridgehead atoms. The Morgan fingerprint density at radius 3 is 2.60 bits per heavy atom. The fraction of sp³-hybridized carbons (Fsp3) is 0.333. The van der Waals surface area contributed by atoms with Crippen LogP contribution in [0.25, 0.3) is 0 Å². The van der Waals surface area contributed by atoms with Gasteiger partial charge >= 0.3 is 0 Å². The smallest absolute Gasteiger partial charge is 0.234 e. The van der Waals surface area contributed by atoms with Crippen molar-refractivity contribution in [3.05, 3.63) is 47.0 Å². The van der Waals surface area contributed by atoms with Gasteiger partial charge in [0.05, 0.1) is 11.6 Å². The lowest BCUT2D eigenvalue weighted by molar-refractivity contribution is -0.117. The molecule has 2 aromatic rings. The maximum absolute atomic E-state index is 12.3. The lowest BCUT2D eigenvalue weighted by Crippen LogP contribution is -2.27. The lowest BCUT2D eigenvalue weighted by Gasteiger charge is -2.13. The highest BCUT2D eigenvalue weighted by molar-refractivity contribution is 7.13. The molecule has 0 spiro atoms. The summed E-state index contributed by atoms with van der Waals surface area (Å²) in [5.41, 5.74) is 7.65. The molecule has 0 aliphatic carbocycles. The molecule has 3 N–H and O–H groups in total. The van der Waals surface area contributed by atoms with Crippen molar-refractivity contribution in [2.24, 2.45) is 5.73 Å². The van der Waals surface area contributed by atoms with Crippen molar-refractivity contribution in [3.8, 4) is 0 Å². The Kier molecular flexibility index (Phi) is 4.87. The minimum atomic E-state index is -0.345. The van der Waals surface area contributed by atoms with Gasteiger partial charge in [0, 0.05) is 11.9 Å². The molecule has 5 heteroatoms. The van der Waals surface area contributed by atoms with Crippen LogP contribution in [0.3, 0.4) is 0 Å². The SMILES string of the molecule is CC(C)c1csc(NC(=O)C(CN)c2ccccc2)n1. The van der Waals surface area contributed by atoms with E-state index in [0.29, 0.717) is 11.0 Å². The largest absolute Gasteiger partial charge is 0.329 e. The Hall–Kier alpha value is -1.72. The molecule has 0 radical (unpaired) electrons. The van der Waals surface area contributed by atoms with Gasteiger partial charge in [-0.1, -0.05) is 44.2 Å². The van der Waals surface area contributed by atoms with E-state index in [1.54, 1.807) is 0 Å². The number of hydrogen-bond donors (Lipinski definition) is 2. The molecule has 1 amide bonds. The molecule has 1 unspecified atom stereocenters. The standard InChI is InChI=1S/C15H19N3OS/c1-10(2)13-9-20-15(17-13)18-14(19)12(8-16)11-6-4-3-5-7-11/h3-7,9-10,12H,8,16H2,1-2H3,(H,17,18,19). The Balaban J connectivity index is 2.09. The van der Waals surface area contributed by atoms with Gasteiger partial charge in [0.25, 0.3) is 0 Å². The molecule has 1 aromatic heterocycles. The third-order valence-corrected chi connectivity index (χ3v) is 3.87. The van der Waals surface area contributed by atoms with Crippen LogP contribution in [-0.4, -0.2) is 17.4 Å². The van der Waals surface area contributed by atoms with E-state index in [-0.39, 0.29) is 18.4 Å². The summed E-state index contributed by atoms with van der Waals surface area (Å²) in [5, 5.41) is 5.46. The maximum atomic E-state index is 12.3. The van der Waals surface area contributed by atoms with Crippen LogP contribution in [0, 0.1) is 0 Å². The van der Waals surface area contributed by atoms with Crippen molar-refractivity contribution in [1.82, 2.24) is 4.98 Å². The Bertz CT molecular complexity index is 566. The molecule has 20 heavy (non-hydrogen) atoms. The average Bonchev–Trinajstić information content (AvgIpc) is 2.89. The molecule has 1 atom stereocenters. The predicted molar refractivity (Wildman–Crippen MR) is 83.1 cm³/mol. The van der Waals surface area contributed by atoms with Gasteiger partial charge in [0.15, 0.2) is 5.13 Å². The number of benzene rings is 1. The Morgan fingerprint density at radius 2 is 2.05 bits per heavy atom. The van der Waals surface area contributed by atoms with Crippen LogP contribution in [0.4, 0.5) is 5.13 Å². The summed E-state index contributed by atoms with van der Waals surface area (Å²) in [5.74, 6) is -0.0951. The highest BCUT2D eigenvalue weighted by Gasteiger charge is 2.20. The van der Waals surface area contributed by atoms with E-state index in [1.165, 1.54) is 11.3 Å². The van der Waals surface area contributed by atoms with Crippen molar-refractivity contribution in [3.63, 3.8) is 0 Å². The van der Waals surface area contributed by atoms with Gasteiger partial charge in [-0.05, 0) is 11.5 Å². The number of carbonyl (C=O) groups excluding carboxylic acids is 1. The molecule has 2 rings (SSSR count). The van der Waals surface area contributed by atoms with Crippen molar-refractivity contribution in [2.45, 2.75) is 25.7 Å². The summed E-state index contributed by atoms with van der Waals surface area (Å²) in [7, 11) is 0. The first-order chi connectivity index (χ1) is 9.61. The number of carbonyl (C=O) groups is 1. The van der Waals surface area contributed by atoms with Crippen molar-refractivity contribution >= 4 is 22.4 Å². The molecule has 1 heterocycles. The summed E-state index contributed by atoms with van der Waals surface area (Å²) < 4.78 is 0. The van der Waals surface area contributed by atoms with Crippen molar-refractivity contribution in [1.29, 1.82) is 0 Å². The van der Waals surface area contributed by atoms with Crippen LogP contribution in [-0.2, 0) is 4.79 Å². The van der Waals surface area contributed by atoms with E-state index in [4.69, 9.17) is 5.73 Å². The fourth-order valence-electron chi connectivity index (χ4n) is 1.88. The van der Waals surface area contributed by atoms with E-state index in [0.717, 1.165) is 11.3 Å². The molecule has 0 saturated heterocycles. The van der Waals surface area contributed by atoms with Crippen LogP contribution in [0.2, 0.25) is 0 Å². The normalized spacial score (nSPS) is 12.4. The minimum absolute atomic E-state index is 0.108. The number of nitrogens with zero attached hydrogens (tertiary/aromatic N) is 1. The molecular formula is C15H19N3OS. The van der Waals surface area contributed by atoms with Gasteiger partial charge in [-0.25, -0.2) is 4.98 Å². The molecule has 0 aliphatic heterocycles. The number of nitrogens with one attached hydrogen (secondary N) is 1. The number of amides is 1. The molecule has 106 valence electrons.